The first-order valence-electron chi connectivity index (χ1n) is 6.88. The van der Waals surface area contributed by atoms with Gasteiger partial charge in [0.05, 0.1) is 25.3 Å². The second kappa shape index (κ2) is 5.55. The molecule has 0 spiro atoms. The summed E-state index contributed by atoms with van der Waals surface area (Å²) in [6, 6.07) is 2.02. The third kappa shape index (κ3) is 3.12. The van der Waals surface area contributed by atoms with Gasteiger partial charge in [0.15, 0.2) is 5.82 Å². The number of amides is 1. The maximum absolute atomic E-state index is 11.5. The molecule has 1 aromatic heterocycles. The molecular weight excluding hydrogens is 334 g/mol. The summed E-state index contributed by atoms with van der Waals surface area (Å²) in [7, 11) is 2.03. The van der Waals surface area contributed by atoms with Crippen LogP contribution in [0.25, 0.3) is 0 Å². The molecule has 0 aliphatic carbocycles. The summed E-state index contributed by atoms with van der Waals surface area (Å²) in [5.74, 6) is 0.944. The summed E-state index contributed by atoms with van der Waals surface area (Å²) < 4.78 is 3.00. The van der Waals surface area contributed by atoms with Crippen molar-refractivity contribution in [2.75, 3.05) is 25.5 Å². The Bertz CT molecular complexity index is 633. The van der Waals surface area contributed by atoms with Crippen LogP contribution in [0.3, 0.4) is 0 Å². The predicted octanol–water partition coefficient (Wildman–Crippen LogP) is 1.72. The number of halogens is 1. The lowest BCUT2D eigenvalue weighted by Crippen LogP contribution is -2.36. The molecule has 0 unspecified atom stereocenters. The maximum Gasteiger partial charge on any atom is 0.219 e. The highest BCUT2D eigenvalue weighted by molar-refractivity contribution is 9.11. The molecule has 0 radical (unpaired) electrons. The van der Waals surface area contributed by atoms with Crippen LogP contribution in [0.4, 0.5) is 5.82 Å². The Hall–Kier alpha value is -1.76. The van der Waals surface area contributed by atoms with Gasteiger partial charge in [-0.2, -0.15) is 5.10 Å². The summed E-state index contributed by atoms with van der Waals surface area (Å²) in [5, 5.41) is 7.92. The van der Waals surface area contributed by atoms with Gasteiger partial charge >= 0.3 is 0 Å². The molecule has 1 N–H and O–H groups in total. The van der Waals surface area contributed by atoms with Crippen molar-refractivity contribution in [3.05, 3.63) is 34.2 Å². The molecule has 0 fully saturated rings. The number of nitrogens with zero attached hydrogens (tertiary/aromatic N) is 4. The number of allylic oxidation sites excluding steroid dienone is 2. The van der Waals surface area contributed by atoms with E-state index in [0.29, 0.717) is 6.54 Å². The molecule has 1 aromatic rings. The fourth-order valence-corrected chi connectivity index (χ4v) is 3.24. The number of aromatic nitrogens is 2. The smallest absolute Gasteiger partial charge is 0.219 e. The van der Waals surface area contributed by atoms with E-state index in [-0.39, 0.29) is 5.91 Å². The van der Waals surface area contributed by atoms with Crippen LogP contribution in [0.15, 0.2) is 28.5 Å². The van der Waals surface area contributed by atoms with Crippen LogP contribution in [0, 0.1) is 0 Å². The zero-order chi connectivity index (χ0) is 15.0. The van der Waals surface area contributed by atoms with Crippen LogP contribution in [0.2, 0.25) is 0 Å². The molecule has 0 bridgehead atoms. The lowest BCUT2D eigenvalue weighted by molar-refractivity contribution is -0.130. The van der Waals surface area contributed by atoms with E-state index in [1.165, 1.54) is 0 Å². The first kappa shape index (κ1) is 14.2. The molecular formula is C14H18BrN5O. The van der Waals surface area contributed by atoms with Gasteiger partial charge in [0.2, 0.25) is 5.91 Å². The van der Waals surface area contributed by atoms with Crippen LogP contribution in [0.1, 0.15) is 12.6 Å². The largest absolute Gasteiger partial charge is 0.374 e. The van der Waals surface area contributed by atoms with Gasteiger partial charge in [0, 0.05) is 43.0 Å². The van der Waals surface area contributed by atoms with Crippen molar-refractivity contribution in [3.63, 3.8) is 0 Å². The van der Waals surface area contributed by atoms with Gasteiger partial charge < -0.3 is 15.1 Å². The molecule has 112 valence electrons. The SMILES string of the molecule is CC(=O)N1CCn2nc(NC3=CC(Br)=CN(C)C3)cc2C1. The number of carbonyl (C=O) groups is 1. The Balaban J connectivity index is 1.74. The average Bonchev–Trinajstić information content (AvgIpc) is 2.78. The van der Waals surface area contributed by atoms with E-state index in [9.17, 15) is 4.79 Å². The molecule has 2 aliphatic heterocycles. The molecule has 1 amide bonds. The lowest BCUT2D eigenvalue weighted by Gasteiger charge is -2.26. The predicted molar refractivity (Wildman–Crippen MR) is 84.7 cm³/mol. The van der Waals surface area contributed by atoms with Crippen LogP contribution >= 0.6 is 15.9 Å². The van der Waals surface area contributed by atoms with Crippen molar-refractivity contribution in [2.24, 2.45) is 0 Å². The Morgan fingerprint density at radius 1 is 1.38 bits per heavy atom. The van der Waals surface area contributed by atoms with Crippen molar-refractivity contribution in [1.29, 1.82) is 0 Å². The molecule has 0 saturated carbocycles. The molecule has 0 atom stereocenters. The summed E-state index contributed by atoms with van der Waals surface area (Å²) in [5.41, 5.74) is 2.16. The van der Waals surface area contributed by atoms with Crippen LogP contribution in [-0.4, -0.2) is 45.6 Å². The number of hydrogen-bond donors (Lipinski definition) is 1. The minimum absolute atomic E-state index is 0.114. The highest BCUT2D eigenvalue weighted by atomic mass is 79.9. The Morgan fingerprint density at radius 2 is 2.19 bits per heavy atom. The number of fused-ring (bicyclic) bond motifs is 1. The number of carbonyl (C=O) groups excluding carboxylic acids is 1. The van der Waals surface area contributed by atoms with Crippen molar-refractivity contribution >= 4 is 27.7 Å². The quantitative estimate of drug-likeness (QED) is 0.881. The topological polar surface area (TPSA) is 53.4 Å². The van der Waals surface area contributed by atoms with E-state index in [2.05, 4.69) is 37.3 Å². The van der Waals surface area contributed by atoms with Gasteiger partial charge in [0.25, 0.3) is 0 Å². The van der Waals surface area contributed by atoms with Crippen molar-refractivity contribution in [3.8, 4) is 0 Å². The monoisotopic (exact) mass is 351 g/mol. The van der Waals surface area contributed by atoms with E-state index in [0.717, 1.165) is 41.3 Å². The zero-order valence-corrected chi connectivity index (χ0v) is 13.7. The van der Waals surface area contributed by atoms with Gasteiger partial charge in [-0.25, -0.2) is 0 Å². The summed E-state index contributed by atoms with van der Waals surface area (Å²) >= 11 is 3.50. The Morgan fingerprint density at radius 3 is 2.90 bits per heavy atom. The minimum Gasteiger partial charge on any atom is -0.374 e. The maximum atomic E-state index is 11.5. The highest BCUT2D eigenvalue weighted by Gasteiger charge is 2.20. The molecule has 6 nitrogen and oxygen atoms in total. The van der Waals surface area contributed by atoms with E-state index in [1.807, 2.05) is 28.9 Å². The van der Waals surface area contributed by atoms with Crippen LogP contribution < -0.4 is 5.32 Å². The number of rotatable bonds is 2. The highest BCUT2D eigenvalue weighted by Crippen LogP contribution is 2.21. The van der Waals surface area contributed by atoms with E-state index in [1.54, 1.807) is 6.92 Å². The summed E-state index contributed by atoms with van der Waals surface area (Å²) in [6.45, 7) is 4.53. The van der Waals surface area contributed by atoms with E-state index < -0.39 is 0 Å². The molecule has 3 heterocycles. The summed E-state index contributed by atoms with van der Waals surface area (Å²) in [6.07, 6.45) is 4.09. The van der Waals surface area contributed by atoms with Crippen LogP contribution in [0.5, 0.6) is 0 Å². The van der Waals surface area contributed by atoms with Gasteiger partial charge in [0.1, 0.15) is 0 Å². The molecule has 7 heteroatoms. The third-order valence-electron chi connectivity index (χ3n) is 3.61. The number of likely N-dealkylation sites (N-methyl/N-ethyl adjacent to an activating group) is 1. The first-order valence-corrected chi connectivity index (χ1v) is 7.68. The Kier molecular flexibility index (Phi) is 3.75. The van der Waals surface area contributed by atoms with E-state index >= 15 is 0 Å². The van der Waals surface area contributed by atoms with Gasteiger partial charge in [-0.15, -0.1) is 0 Å². The molecule has 21 heavy (non-hydrogen) atoms. The van der Waals surface area contributed by atoms with Gasteiger partial charge in [-0.05, 0) is 22.0 Å². The van der Waals surface area contributed by atoms with Gasteiger partial charge in [-0.3, -0.25) is 9.48 Å². The number of nitrogens with one attached hydrogen (secondary N) is 1. The second-order valence-electron chi connectivity index (χ2n) is 5.41. The van der Waals surface area contributed by atoms with E-state index in [4.69, 9.17) is 0 Å². The van der Waals surface area contributed by atoms with Crippen LogP contribution in [-0.2, 0) is 17.9 Å². The lowest BCUT2D eigenvalue weighted by atomic mass is 10.3. The molecule has 0 aromatic carbocycles. The summed E-state index contributed by atoms with van der Waals surface area (Å²) in [4.78, 5) is 15.4. The van der Waals surface area contributed by atoms with Crippen molar-refractivity contribution < 1.29 is 4.79 Å². The standard InChI is InChI=1S/C14H18BrN5O/c1-10(21)19-3-4-20-13(9-19)6-14(17-20)16-12-5-11(15)7-18(2)8-12/h5-7H,3-4,8-9H2,1-2H3,(H,16,17). The van der Waals surface area contributed by atoms with Crippen molar-refractivity contribution in [2.45, 2.75) is 20.0 Å². The number of hydrogen-bond acceptors (Lipinski definition) is 4. The fraction of sp³-hybridized carbons (Fsp3) is 0.429. The fourth-order valence-electron chi connectivity index (χ4n) is 2.61. The number of anilines is 1. The minimum atomic E-state index is 0.114. The first-order chi connectivity index (χ1) is 10.0. The normalized spacial score (nSPS) is 18.0. The third-order valence-corrected chi connectivity index (χ3v) is 4.04. The molecule has 3 rings (SSSR count). The van der Waals surface area contributed by atoms with Gasteiger partial charge in [-0.1, -0.05) is 0 Å². The molecule has 2 aliphatic rings. The second-order valence-corrected chi connectivity index (χ2v) is 6.32. The average molecular weight is 352 g/mol. The zero-order valence-electron chi connectivity index (χ0n) is 12.1. The molecule has 0 saturated heterocycles. The van der Waals surface area contributed by atoms with Crippen molar-refractivity contribution in [1.82, 2.24) is 19.6 Å². The Labute approximate surface area is 132 Å².